The van der Waals surface area contributed by atoms with E-state index in [1.54, 1.807) is 17.0 Å². The second-order valence-electron chi connectivity index (χ2n) is 7.00. The van der Waals surface area contributed by atoms with E-state index in [0.29, 0.717) is 24.7 Å². The molecule has 1 atom stereocenters. The molecule has 136 valence electrons. The van der Waals surface area contributed by atoms with Gasteiger partial charge in [0.1, 0.15) is 5.82 Å². The number of nitrogens with zero attached hydrogens (tertiary/aromatic N) is 1. The highest BCUT2D eigenvalue weighted by Crippen LogP contribution is 2.25. The lowest BCUT2D eigenvalue weighted by Gasteiger charge is -2.16. The van der Waals surface area contributed by atoms with Crippen LogP contribution < -0.4 is 10.2 Å². The summed E-state index contributed by atoms with van der Waals surface area (Å²) in [5.74, 6) is -0.504. The lowest BCUT2D eigenvalue weighted by atomic mass is 10.0. The number of benzene rings is 2. The fourth-order valence-corrected chi connectivity index (χ4v) is 3.11. The highest BCUT2D eigenvalue weighted by Gasteiger charge is 2.34. The fraction of sp³-hybridized carbons (Fsp3) is 0.333. The Morgan fingerprint density at radius 1 is 1.15 bits per heavy atom. The average molecular weight is 354 g/mol. The molecule has 5 heteroatoms. The molecule has 0 radical (unpaired) electrons. The molecule has 1 unspecified atom stereocenters. The monoisotopic (exact) mass is 354 g/mol. The minimum atomic E-state index is -0.387. The average Bonchev–Trinajstić information content (AvgIpc) is 3.02. The number of halogens is 1. The van der Waals surface area contributed by atoms with E-state index in [9.17, 15) is 14.0 Å². The Hall–Kier alpha value is -2.69. The Morgan fingerprint density at radius 2 is 1.81 bits per heavy atom. The van der Waals surface area contributed by atoms with Gasteiger partial charge < -0.3 is 10.2 Å². The Kier molecular flexibility index (Phi) is 5.35. The predicted octanol–water partition coefficient (Wildman–Crippen LogP) is 3.62. The molecule has 1 saturated heterocycles. The smallest absolute Gasteiger partial charge is 0.227 e. The van der Waals surface area contributed by atoms with Crippen molar-refractivity contribution in [3.63, 3.8) is 0 Å². The third kappa shape index (κ3) is 4.10. The summed E-state index contributed by atoms with van der Waals surface area (Å²) in [6.07, 6.45) is 0.176. The SMILES string of the molecule is CC(C)c1ccc(CNC(=O)C2CC(=O)N(c3ccc(F)cc3)C2)cc1. The first-order chi connectivity index (χ1) is 12.4. The molecule has 0 spiro atoms. The second kappa shape index (κ2) is 7.68. The molecule has 3 rings (SSSR count). The predicted molar refractivity (Wildman–Crippen MR) is 99.2 cm³/mol. The first kappa shape index (κ1) is 18.1. The largest absolute Gasteiger partial charge is 0.352 e. The zero-order chi connectivity index (χ0) is 18.7. The summed E-state index contributed by atoms with van der Waals surface area (Å²) >= 11 is 0. The van der Waals surface area contributed by atoms with E-state index in [4.69, 9.17) is 0 Å². The van der Waals surface area contributed by atoms with Crippen molar-refractivity contribution >= 4 is 17.5 Å². The Bertz CT molecular complexity index is 785. The van der Waals surface area contributed by atoms with Gasteiger partial charge in [0.05, 0.1) is 5.92 Å². The number of hydrogen-bond acceptors (Lipinski definition) is 2. The van der Waals surface area contributed by atoms with Crippen LogP contribution in [0.2, 0.25) is 0 Å². The molecule has 4 nitrogen and oxygen atoms in total. The Balaban J connectivity index is 1.57. The van der Waals surface area contributed by atoms with Gasteiger partial charge in [-0.1, -0.05) is 38.1 Å². The number of anilines is 1. The summed E-state index contributed by atoms with van der Waals surface area (Å²) in [5.41, 5.74) is 2.91. The molecule has 0 aliphatic carbocycles. The molecule has 1 fully saturated rings. The number of nitrogens with one attached hydrogen (secondary N) is 1. The van der Waals surface area contributed by atoms with Gasteiger partial charge in [0.25, 0.3) is 0 Å². The summed E-state index contributed by atoms with van der Waals surface area (Å²) in [7, 11) is 0. The Morgan fingerprint density at radius 3 is 2.42 bits per heavy atom. The van der Waals surface area contributed by atoms with Crippen molar-refractivity contribution in [2.45, 2.75) is 32.7 Å². The molecule has 2 amide bonds. The molecule has 1 N–H and O–H groups in total. The summed E-state index contributed by atoms with van der Waals surface area (Å²) in [4.78, 5) is 26.2. The van der Waals surface area contributed by atoms with Crippen LogP contribution in [0.5, 0.6) is 0 Å². The summed E-state index contributed by atoms with van der Waals surface area (Å²) in [5, 5.41) is 2.91. The van der Waals surface area contributed by atoms with Gasteiger partial charge in [0.2, 0.25) is 11.8 Å². The molecule has 1 aliphatic rings. The van der Waals surface area contributed by atoms with Gasteiger partial charge in [-0.05, 0) is 41.3 Å². The van der Waals surface area contributed by atoms with E-state index in [0.717, 1.165) is 5.56 Å². The highest BCUT2D eigenvalue weighted by atomic mass is 19.1. The molecule has 1 aliphatic heterocycles. The number of hydrogen-bond donors (Lipinski definition) is 1. The van der Waals surface area contributed by atoms with Crippen LogP contribution in [0.3, 0.4) is 0 Å². The number of amides is 2. The second-order valence-corrected chi connectivity index (χ2v) is 7.00. The van der Waals surface area contributed by atoms with Crippen molar-refractivity contribution in [3.05, 3.63) is 65.5 Å². The van der Waals surface area contributed by atoms with E-state index in [1.165, 1.54) is 17.7 Å². The normalized spacial score (nSPS) is 17.0. The van der Waals surface area contributed by atoms with Crippen LogP contribution in [0.25, 0.3) is 0 Å². The van der Waals surface area contributed by atoms with Crippen LogP contribution in [-0.2, 0) is 16.1 Å². The van der Waals surface area contributed by atoms with E-state index in [-0.39, 0.29) is 30.0 Å². The summed E-state index contributed by atoms with van der Waals surface area (Å²) in [6, 6.07) is 13.9. The van der Waals surface area contributed by atoms with Gasteiger partial charge in [-0.15, -0.1) is 0 Å². The number of rotatable bonds is 5. The molecule has 2 aromatic carbocycles. The first-order valence-corrected chi connectivity index (χ1v) is 8.86. The maximum absolute atomic E-state index is 13.0. The molecular weight excluding hydrogens is 331 g/mol. The van der Waals surface area contributed by atoms with Crippen molar-refractivity contribution in [1.29, 1.82) is 0 Å². The third-order valence-electron chi connectivity index (χ3n) is 4.75. The van der Waals surface area contributed by atoms with Crippen LogP contribution in [0, 0.1) is 11.7 Å². The minimum absolute atomic E-state index is 0.113. The van der Waals surface area contributed by atoms with Crippen LogP contribution in [0.1, 0.15) is 37.3 Å². The molecule has 26 heavy (non-hydrogen) atoms. The zero-order valence-electron chi connectivity index (χ0n) is 15.0. The van der Waals surface area contributed by atoms with Crippen molar-refractivity contribution < 1.29 is 14.0 Å². The fourth-order valence-electron chi connectivity index (χ4n) is 3.11. The van der Waals surface area contributed by atoms with E-state index < -0.39 is 0 Å². The Labute approximate surface area is 153 Å². The van der Waals surface area contributed by atoms with Crippen LogP contribution >= 0.6 is 0 Å². The van der Waals surface area contributed by atoms with E-state index in [1.807, 2.05) is 12.1 Å². The third-order valence-corrected chi connectivity index (χ3v) is 4.75. The van der Waals surface area contributed by atoms with Gasteiger partial charge in [-0.25, -0.2) is 4.39 Å². The quantitative estimate of drug-likeness (QED) is 0.892. The van der Waals surface area contributed by atoms with Crippen LogP contribution in [0.4, 0.5) is 10.1 Å². The van der Waals surface area contributed by atoms with Gasteiger partial charge in [-0.2, -0.15) is 0 Å². The lowest BCUT2D eigenvalue weighted by molar-refractivity contribution is -0.126. The highest BCUT2D eigenvalue weighted by molar-refractivity contribution is 6.00. The van der Waals surface area contributed by atoms with E-state index >= 15 is 0 Å². The van der Waals surface area contributed by atoms with E-state index in [2.05, 4.69) is 31.3 Å². The molecule has 0 bridgehead atoms. The van der Waals surface area contributed by atoms with Crippen LogP contribution in [0.15, 0.2) is 48.5 Å². The first-order valence-electron chi connectivity index (χ1n) is 8.86. The number of carbonyl (C=O) groups excluding carboxylic acids is 2. The lowest BCUT2D eigenvalue weighted by Crippen LogP contribution is -2.32. The van der Waals surface area contributed by atoms with Crippen molar-refractivity contribution in [1.82, 2.24) is 5.32 Å². The number of carbonyl (C=O) groups is 2. The van der Waals surface area contributed by atoms with Crippen molar-refractivity contribution in [2.24, 2.45) is 5.92 Å². The topological polar surface area (TPSA) is 49.4 Å². The van der Waals surface area contributed by atoms with Gasteiger partial charge in [0.15, 0.2) is 0 Å². The zero-order valence-corrected chi connectivity index (χ0v) is 15.0. The minimum Gasteiger partial charge on any atom is -0.352 e. The van der Waals surface area contributed by atoms with Crippen LogP contribution in [-0.4, -0.2) is 18.4 Å². The standard InChI is InChI=1S/C21H23FN2O2/c1-14(2)16-5-3-15(4-6-16)12-23-21(26)17-11-20(25)24(13-17)19-9-7-18(22)8-10-19/h3-10,14,17H,11-13H2,1-2H3,(H,23,26). The maximum atomic E-state index is 13.0. The van der Waals surface area contributed by atoms with Gasteiger partial charge >= 0.3 is 0 Å². The molecular formula is C21H23FN2O2. The van der Waals surface area contributed by atoms with Crippen molar-refractivity contribution in [2.75, 3.05) is 11.4 Å². The molecule has 2 aromatic rings. The van der Waals surface area contributed by atoms with Gasteiger partial charge in [0, 0.05) is 25.2 Å². The van der Waals surface area contributed by atoms with Gasteiger partial charge in [-0.3, -0.25) is 9.59 Å². The summed E-state index contributed by atoms with van der Waals surface area (Å²) in [6.45, 7) is 5.04. The van der Waals surface area contributed by atoms with Crippen molar-refractivity contribution in [3.8, 4) is 0 Å². The summed E-state index contributed by atoms with van der Waals surface area (Å²) < 4.78 is 13.0. The molecule has 0 aromatic heterocycles. The maximum Gasteiger partial charge on any atom is 0.227 e. The molecule has 0 saturated carbocycles. The molecule has 1 heterocycles.